The van der Waals surface area contributed by atoms with Crippen LogP contribution in [0.1, 0.15) is 45.9 Å². The number of nitrogens with zero attached hydrogens (tertiary/aromatic N) is 5. The molecular formula is C20H30ClN5OSi. The van der Waals surface area contributed by atoms with Crippen LogP contribution in [0.4, 0.5) is 0 Å². The smallest absolute Gasteiger partial charge is 0.191 e. The van der Waals surface area contributed by atoms with Gasteiger partial charge in [0.15, 0.2) is 8.32 Å². The lowest BCUT2D eigenvalue weighted by Crippen LogP contribution is -2.41. The van der Waals surface area contributed by atoms with E-state index in [1.54, 1.807) is 10.9 Å². The molecule has 0 unspecified atom stereocenters. The highest BCUT2D eigenvalue weighted by Crippen LogP contribution is 2.37. The molecule has 0 aromatic carbocycles. The monoisotopic (exact) mass is 419 g/mol. The van der Waals surface area contributed by atoms with E-state index < -0.39 is 8.32 Å². The van der Waals surface area contributed by atoms with Gasteiger partial charge in [0.2, 0.25) is 0 Å². The van der Waals surface area contributed by atoms with Crippen LogP contribution in [-0.4, -0.2) is 39.1 Å². The highest BCUT2D eigenvalue weighted by Gasteiger charge is 2.37. The minimum atomic E-state index is -1.75. The number of halogens is 1. The Balaban J connectivity index is 1.87. The van der Waals surface area contributed by atoms with Crippen molar-refractivity contribution >= 4 is 25.4 Å². The molecule has 3 aromatic rings. The van der Waals surface area contributed by atoms with Gasteiger partial charge in [-0.05, 0) is 30.6 Å². The number of hydrogen-bond acceptors (Lipinski definition) is 4. The van der Waals surface area contributed by atoms with E-state index in [0.29, 0.717) is 5.15 Å². The molecule has 0 fully saturated rings. The van der Waals surface area contributed by atoms with Crippen molar-refractivity contribution < 1.29 is 4.43 Å². The molecule has 0 N–H and O–H groups in total. The summed E-state index contributed by atoms with van der Waals surface area (Å²) in [5.41, 5.74) is 2.58. The molecule has 0 aliphatic heterocycles. The zero-order valence-corrected chi connectivity index (χ0v) is 19.6. The predicted octanol–water partition coefficient (Wildman–Crippen LogP) is 5.30. The van der Waals surface area contributed by atoms with Gasteiger partial charge in [-0.3, -0.25) is 9.08 Å². The average Bonchev–Trinajstić information content (AvgIpc) is 3.16. The first-order valence-corrected chi connectivity index (χ1v) is 13.0. The van der Waals surface area contributed by atoms with E-state index in [0.717, 1.165) is 35.8 Å². The minimum absolute atomic E-state index is 0.210. The van der Waals surface area contributed by atoms with Crippen LogP contribution < -0.4 is 0 Å². The minimum Gasteiger partial charge on any atom is -0.417 e. The molecule has 0 bridgehead atoms. The van der Waals surface area contributed by atoms with Crippen LogP contribution in [0.5, 0.6) is 0 Å². The third-order valence-corrected chi connectivity index (χ3v) is 10.5. The van der Waals surface area contributed by atoms with Gasteiger partial charge in [0.05, 0.1) is 11.7 Å². The quantitative estimate of drug-likeness (QED) is 0.508. The van der Waals surface area contributed by atoms with Crippen molar-refractivity contribution in [3.8, 4) is 11.4 Å². The van der Waals surface area contributed by atoms with Gasteiger partial charge in [-0.2, -0.15) is 5.10 Å². The number of fused-ring (bicyclic) bond motifs is 1. The molecule has 0 spiro atoms. The van der Waals surface area contributed by atoms with Crippen molar-refractivity contribution in [2.45, 2.75) is 58.2 Å². The lowest BCUT2D eigenvalue weighted by atomic mass is 10.1. The van der Waals surface area contributed by atoms with Crippen LogP contribution in [0.25, 0.3) is 16.9 Å². The zero-order chi connectivity index (χ0) is 20.7. The lowest BCUT2D eigenvalue weighted by Gasteiger charge is -2.36. The van der Waals surface area contributed by atoms with Gasteiger partial charge in [-0.1, -0.05) is 39.3 Å². The van der Waals surface area contributed by atoms with Gasteiger partial charge in [-0.15, -0.1) is 0 Å². The van der Waals surface area contributed by atoms with E-state index in [4.69, 9.17) is 21.0 Å². The number of aromatic nitrogens is 5. The number of rotatable bonds is 6. The second kappa shape index (κ2) is 7.61. The predicted molar refractivity (Wildman–Crippen MR) is 116 cm³/mol. The third kappa shape index (κ3) is 4.16. The molecule has 152 valence electrons. The standard InChI is InChI=1S/C20H30ClN5OSi/c1-14(9-11-27-28(6,7)20(2,3)4)19-23-18(15-8-10-25(5)24-15)16-12-22-17(21)13-26(16)19/h8,10,12-14H,9,11H2,1-7H3/t14-/m0/s1. The van der Waals surface area contributed by atoms with Crippen molar-refractivity contribution in [3.63, 3.8) is 0 Å². The molecule has 6 nitrogen and oxygen atoms in total. The molecule has 1 atom stereocenters. The van der Waals surface area contributed by atoms with Crippen molar-refractivity contribution in [2.75, 3.05) is 6.61 Å². The van der Waals surface area contributed by atoms with Crippen LogP contribution >= 0.6 is 11.6 Å². The van der Waals surface area contributed by atoms with Gasteiger partial charge in [0.1, 0.15) is 22.4 Å². The summed E-state index contributed by atoms with van der Waals surface area (Å²) in [5.74, 6) is 1.17. The molecular weight excluding hydrogens is 390 g/mol. The van der Waals surface area contributed by atoms with Crippen LogP contribution in [0.2, 0.25) is 23.3 Å². The molecule has 3 heterocycles. The fourth-order valence-corrected chi connectivity index (χ4v) is 4.11. The van der Waals surface area contributed by atoms with Gasteiger partial charge >= 0.3 is 0 Å². The fourth-order valence-electron chi connectivity index (χ4n) is 2.90. The van der Waals surface area contributed by atoms with E-state index in [2.05, 4.69) is 50.9 Å². The first-order valence-electron chi connectivity index (χ1n) is 9.67. The van der Waals surface area contributed by atoms with Gasteiger partial charge < -0.3 is 4.43 Å². The van der Waals surface area contributed by atoms with Crippen molar-refractivity contribution in [2.24, 2.45) is 7.05 Å². The SMILES string of the molecule is C[C@@H](CCO[Si](C)(C)C(C)(C)C)c1nc(-c2ccn(C)n2)c2cnc(Cl)cn12. The second-order valence-corrected chi connectivity index (χ2v) is 14.2. The second-order valence-electron chi connectivity index (χ2n) is 8.96. The maximum atomic E-state index is 6.36. The zero-order valence-electron chi connectivity index (χ0n) is 17.8. The Hall–Kier alpha value is -1.70. The Kier molecular flexibility index (Phi) is 5.71. The first-order chi connectivity index (χ1) is 13.0. The summed E-state index contributed by atoms with van der Waals surface area (Å²) in [6, 6.07) is 1.96. The Morgan fingerprint density at radius 1 is 1.29 bits per heavy atom. The largest absolute Gasteiger partial charge is 0.417 e. The topological polar surface area (TPSA) is 57.2 Å². The van der Waals surface area contributed by atoms with Crippen LogP contribution in [0.3, 0.4) is 0 Å². The molecule has 3 aromatic heterocycles. The molecule has 0 radical (unpaired) electrons. The Labute approximate surface area is 173 Å². The summed E-state index contributed by atoms with van der Waals surface area (Å²) in [4.78, 5) is 9.17. The van der Waals surface area contributed by atoms with E-state index in [1.807, 2.05) is 29.9 Å². The summed E-state index contributed by atoms with van der Waals surface area (Å²) < 4.78 is 10.2. The molecule has 0 saturated heterocycles. The van der Waals surface area contributed by atoms with Crippen LogP contribution in [-0.2, 0) is 11.5 Å². The summed E-state index contributed by atoms with van der Waals surface area (Å²) in [6.07, 6.45) is 6.41. The number of imidazole rings is 1. The summed E-state index contributed by atoms with van der Waals surface area (Å²) in [7, 11) is 0.150. The summed E-state index contributed by atoms with van der Waals surface area (Å²) in [6.45, 7) is 14.3. The molecule has 3 rings (SSSR count). The van der Waals surface area contributed by atoms with E-state index in [-0.39, 0.29) is 11.0 Å². The number of aryl methyl sites for hydroxylation is 1. The highest BCUT2D eigenvalue weighted by molar-refractivity contribution is 6.74. The fraction of sp³-hybridized carbons (Fsp3) is 0.550. The number of hydrogen-bond donors (Lipinski definition) is 0. The highest BCUT2D eigenvalue weighted by atomic mass is 35.5. The Morgan fingerprint density at radius 3 is 2.61 bits per heavy atom. The molecule has 0 aliphatic rings. The third-order valence-electron chi connectivity index (χ3n) is 5.74. The lowest BCUT2D eigenvalue weighted by molar-refractivity contribution is 0.272. The van der Waals surface area contributed by atoms with Gasteiger partial charge in [0.25, 0.3) is 0 Å². The van der Waals surface area contributed by atoms with Crippen LogP contribution in [0.15, 0.2) is 24.7 Å². The maximum Gasteiger partial charge on any atom is 0.191 e. The molecule has 28 heavy (non-hydrogen) atoms. The van der Waals surface area contributed by atoms with Crippen molar-refractivity contribution in [1.82, 2.24) is 24.1 Å². The van der Waals surface area contributed by atoms with E-state index in [9.17, 15) is 0 Å². The Bertz CT molecular complexity index is 973. The van der Waals surface area contributed by atoms with Crippen molar-refractivity contribution in [3.05, 3.63) is 35.6 Å². The van der Waals surface area contributed by atoms with E-state index in [1.165, 1.54) is 0 Å². The average molecular weight is 420 g/mol. The first kappa shape index (κ1) is 21.0. The molecule has 0 aliphatic carbocycles. The molecule has 0 saturated carbocycles. The molecule has 8 heteroatoms. The van der Waals surface area contributed by atoms with Crippen LogP contribution in [0, 0.1) is 0 Å². The maximum absolute atomic E-state index is 6.36. The van der Waals surface area contributed by atoms with Gasteiger partial charge in [0, 0.05) is 32.0 Å². The molecule has 0 amide bonds. The summed E-state index contributed by atoms with van der Waals surface area (Å²) in [5, 5.41) is 5.17. The van der Waals surface area contributed by atoms with Crippen molar-refractivity contribution in [1.29, 1.82) is 0 Å². The van der Waals surface area contributed by atoms with Gasteiger partial charge in [-0.25, -0.2) is 9.97 Å². The Morgan fingerprint density at radius 2 is 2.00 bits per heavy atom. The normalized spacial score (nSPS) is 14.0. The summed E-state index contributed by atoms with van der Waals surface area (Å²) >= 11 is 6.17. The van der Waals surface area contributed by atoms with E-state index >= 15 is 0 Å².